The summed E-state index contributed by atoms with van der Waals surface area (Å²) < 4.78 is 5.21. The van der Waals surface area contributed by atoms with Gasteiger partial charge in [0, 0.05) is 37.5 Å². The monoisotopic (exact) mass is 312 g/mol. The Kier molecular flexibility index (Phi) is 8.74. The van der Waals surface area contributed by atoms with Crippen molar-refractivity contribution in [2.45, 2.75) is 33.7 Å². The van der Waals surface area contributed by atoms with Gasteiger partial charge in [-0.1, -0.05) is 38.4 Å². The van der Waals surface area contributed by atoms with E-state index < -0.39 is 0 Å². The summed E-state index contributed by atoms with van der Waals surface area (Å²) in [6.45, 7) is 11.1. The maximum Gasteiger partial charge on any atom is 0.0637 e. The lowest BCUT2D eigenvalue weighted by atomic mass is 10.1. The van der Waals surface area contributed by atoms with Crippen LogP contribution in [0.3, 0.4) is 0 Å². The van der Waals surface area contributed by atoms with Gasteiger partial charge in [-0.15, -0.1) is 0 Å². The van der Waals surface area contributed by atoms with Gasteiger partial charge in [-0.3, -0.25) is 0 Å². The number of rotatable bonds is 10. The molecule has 3 nitrogen and oxygen atoms in total. The zero-order valence-corrected chi connectivity index (χ0v) is 14.5. The van der Waals surface area contributed by atoms with E-state index in [1.807, 2.05) is 0 Å². The molecule has 0 aromatic heterocycles. The molecule has 0 saturated heterocycles. The first kappa shape index (κ1) is 18.3. The van der Waals surface area contributed by atoms with E-state index >= 15 is 0 Å². The second-order valence-electron chi connectivity index (χ2n) is 5.79. The molecule has 0 fully saturated rings. The number of methoxy groups -OCH3 is 1. The summed E-state index contributed by atoms with van der Waals surface area (Å²) in [4.78, 5) is 2.34. The Morgan fingerprint density at radius 2 is 2.10 bits per heavy atom. The Morgan fingerprint density at radius 1 is 1.33 bits per heavy atom. The second kappa shape index (κ2) is 10.0. The molecule has 120 valence electrons. The lowest BCUT2D eigenvalue weighted by Crippen LogP contribution is -2.31. The van der Waals surface area contributed by atoms with Gasteiger partial charge in [0.25, 0.3) is 0 Å². The minimum Gasteiger partial charge on any atom is -0.383 e. The third-order valence-electron chi connectivity index (χ3n) is 3.29. The first-order chi connectivity index (χ1) is 10.1. The molecule has 0 heterocycles. The fourth-order valence-corrected chi connectivity index (χ4v) is 2.49. The molecule has 0 bridgehead atoms. The summed E-state index contributed by atoms with van der Waals surface area (Å²) in [6.07, 6.45) is 1.13. The van der Waals surface area contributed by atoms with E-state index in [4.69, 9.17) is 16.3 Å². The van der Waals surface area contributed by atoms with Crippen LogP contribution in [0.5, 0.6) is 0 Å². The average Bonchev–Trinajstić information content (AvgIpc) is 2.45. The van der Waals surface area contributed by atoms with Gasteiger partial charge in [-0.05, 0) is 36.6 Å². The Labute approximate surface area is 134 Å². The van der Waals surface area contributed by atoms with Crippen molar-refractivity contribution in [1.29, 1.82) is 0 Å². The molecule has 0 amide bonds. The molecular formula is C17H29ClN2O. The molecule has 0 aliphatic heterocycles. The average molecular weight is 313 g/mol. The first-order valence-electron chi connectivity index (χ1n) is 7.81. The van der Waals surface area contributed by atoms with Crippen molar-refractivity contribution in [1.82, 2.24) is 5.32 Å². The Morgan fingerprint density at radius 3 is 2.67 bits per heavy atom. The summed E-state index contributed by atoms with van der Waals surface area (Å²) in [6, 6.07) is 6.36. The molecule has 0 aliphatic rings. The van der Waals surface area contributed by atoms with Crippen molar-refractivity contribution in [2.24, 2.45) is 5.92 Å². The van der Waals surface area contributed by atoms with E-state index in [9.17, 15) is 0 Å². The zero-order valence-electron chi connectivity index (χ0n) is 13.8. The molecule has 4 heteroatoms. The molecule has 0 unspecified atom stereocenters. The van der Waals surface area contributed by atoms with Crippen LogP contribution < -0.4 is 10.2 Å². The third kappa shape index (κ3) is 6.68. The Bertz CT molecular complexity index is 410. The van der Waals surface area contributed by atoms with Crippen LogP contribution in [0.25, 0.3) is 0 Å². The molecule has 1 rings (SSSR count). The number of hydrogen-bond donors (Lipinski definition) is 1. The van der Waals surface area contributed by atoms with Gasteiger partial charge in [0.2, 0.25) is 0 Å². The van der Waals surface area contributed by atoms with Gasteiger partial charge in [0.15, 0.2) is 0 Å². The first-order valence-corrected chi connectivity index (χ1v) is 8.19. The highest BCUT2D eigenvalue weighted by Crippen LogP contribution is 2.24. The summed E-state index contributed by atoms with van der Waals surface area (Å²) in [7, 11) is 1.74. The highest BCUT2D eigenvalue weighted by Gasteiger charge is 2.10. The minimum atomic E-state index is 0.603. The Hall–Kier alpha value is -0.770. The van der Waals surface area contributed by atoms with Gasteiger partial charge in [0.1, 0.15) is 0 Å². The third-order valence-corrected chi connectivity index (χ3v) is 3.65. The van der Waals surface area contributed by atoms with Crippen molar-refractivity contribution in [3.05, 3.63) is 28.8 Å². The fraction of sp³-hybridized carbons (Fsp3) is 0.647. The molecular weight excluding hydrogens is 284 g/mol. The quantitative estimate of drug-likeness (QED) is 0.662. The van der Waals surface area contributed by atoms with E-state index in [0.29, 0.717) is 5.92 Å². The van der Waals surface area contributed by atoms with Crippen LogP contribution in [0.1, 0.15) is 32.8 Å². The van der Waals surface area contributed by atoms with Gasteiger partial charge in [-0.2, -0.15) is 0 Å². The van der Waals surface area contributed by atoms with Gasteiger partial charge >= 0.3 is 0 Å². The van der Waals surface area contributed by atoms with Gasteiger partial charge in [-0.25, -0.2) is 0 Å². The van der Waals surface area contributed by atoms with Crippen molar-refractivity contribution < 1.29 is 4.74 Å². The molecule has 1 N–H and O–H groups in total. The predicted octanol–water partition coefficient (Wildman–Crippen LogP) is 3.95. The largest absolute Gasteiger partial charge is 0.383 e. The number of hydrogen-bond acceptors (Lipinski definition) is 3. The van der Waals surface area contributed by atoms with Crippen LogP contribution >= 0.6 is 11.6 Å². The highest BCUT2D eigenvalue weighted by molar-refractivity contribution is 6.31. The van der Waals surface area contributed by atoms with Gasteiger partial charge < -0.3 is 15.0 Å². The van der Waals surface area contributed by atoms with Crippen molar-refractivity contribution in [2.75, 3.05) is 38.3 Å². The number of anilines is 1. The van der Waals surface area contributed by atoms with Crippen molar-refractivity contribution in [3.8, 4) is 0 Å². The molecule has 21 heavy (non-hydrogen) atoms. The summed E-state index contributed by atoms with van der Waals surface area (Å²) in [5, 5.41) is 4.22. The summed E-state index contributed by atoms with van der Waals surface area (Å²) in [5.74, 6) is 0.603. The van der Waals surface area contributed by atoms with E-state index in [1.54, 1.807) is 7.11 Å². The molecule has 0 radical (unpaired) electrons. The smallest absolute Gasteiger partial charge is 0.0637 e. The maximum atomic E-state index is 6.43. The predicted molar refractivity (Wildman–Crippen MR) is 92.4 cm³/mol. The number of ether oxygens (including phenoxy) is 1. The standard InChI is InChI=1S/C17H29ClN2O/c1-5-8-19-12-15-6-7-16(11-17(15)18)20(9-10-21-4)13-14(2)3/h6-7,11,14,19H,5,8-10,12-13H2,1-4H3. The molecule has 0 saturated carbocycles. The minimum absolute atomic E-state index is 0.603. The number of nitrogens with one attached hydrogen (secondary N) is 1. The van der Waals surface area contributed by atoms with E-state index in [1.165, 1.54) is 5.69 Å². The van der Waals surface area contributed by atoms with Crippen LogP contribution in [-0.4, -0.2) is 33.4 Å². The fourth-order valence-electron chi connectivity index (χ4n) is 2.24. The van der Waals surface area contributed by atoms with Crippen molar-refractivity contribution >= 4 is 17.3 Å². The molecule has 1 aromatic rings. The molecule has 1 aromatic carbocycles. The highest BCUT2D eigenvalue weighted by atomic mass is 35.5. The van der Waals surface area contributed by atoms with E-state index in [-0.39, 0.29) is 0 Å². The molecule has 0 spiro atoms. The number of halogens is 1. The van der Waals surface area contributed by atoms with Crippen LogP contribution in [0, 0.1) is 5.92 Å². The van der Waals surface area contributed by atoms with E-state index in [2.05, 4.69) is 49.2 Å². The molecule has 0 aliphatic carbocycles. The lowest BCUT2D eigenvalue weighted by Gasteiger charge is -2.27. The number of benzene rings is 1. The lowest BCUT2D eigenvalue weighted by molar-refractivity contribution is 0.204. The SMILES string of the molecule is CCCNCc1ccc(N(CCOC)CC(C)C)cc1Cl. The van der Waals surface area contributed by atoms with Crippen LogP contribution in [0.2, 0.25) is 5.02 Å². The van der Waals surface area contributed by atoms with Crippen LogP contribution in [0.15, 0.2) is 18.2 Å². The molecule has 0 atom stereocenters. The normalized spacial score (nSPS) is 11.1. The Balaban J connectivity index is 2.76. The summed E-state index contributed by atoms with van der Waals surface area (Å²) in [5.41, 5.74) is 2.33. The maximum absolute atomic E-state index is 6.43. The topological polar surface area (TPSA) is 24.5 Å². The second-order valence-corrected chi connectivity index (χ2v) is 6.19. The number of nitrogens with zero attached hydrogens (tertiary/aromatic N) is 1. The van der Waals surface area contributed by atoms with Crippen molar-refractivity contribution in [3.63, 3.8) is 0 Å². The summed E-state index contributed by atoms with van der Waals surface area (Å²) >= 11 is 6.43. The van der Waals surface area contributed by atoms with E-state index in [0.717, 1.165) is 49.8 Å². The van der Waals surface area contributed by atoms with Gasteiger partial charge in [0.05, 0.1) is 6.61 Å². The van der Waals surface area contributed by atoms with Crippen LogP contribution in [-0.2, 0) is 11.3 Å². The van der Waals surface area contributed by atoms with Crippen LogP contribution in [0.4, 0.5) is 5.69 Å². The zero-order chi connectivity index (χ0) is 15.7.